The van der Waals surface area contributed by atoms with Crippen LogP contribution in [-0.4, -0.2) is 14.3 Å². The second-order valence-electron chi connectivity index (χ2n) is 7.26. The minimum atomic E-state index is -3.66. The third kappa shape index (κ3) is 4.89. The molecular weight excluding hydrogens is 485 g/mol. The van der Waals surface area contributed by atoms with E-state index in [0.717, 1.165) is 16.0 Å². The zero-order valence-electron chi connectivity index (χ0n) is 17.1. The summed E-state index contributed by atoms with van der Waals surface area (Å²) in [5.74, 6) is -0.483. The molecule has 0 saturated carbocycles. The molecule has 0 fully saturated rings. The predicted octanol–water partition coefficient (Wildman–Crippen LogP) is 6.62. The maximum atomic E-state index is 13.1. The Bertz CT molecular complexity index is 1330. The number of hydrogen-bond donors (Lipinski definition) is 1. The Morgan fingerprint density at radius 2 is 1.78 bits per heavy atom. The van der Waals surface area contributed by atoms with E-state index in [1.165, 1.54) is 17.8 Å². The first-order valence-electron chi connectivity index (χ1n) is 9.86. The molecule has 0 aromatic heterocycles. The molecule has 3 aromatic rings. The van der Waals surface area contributed by atoms with Gasteiger partial charge in [0.05, 0.1) is 21.2 Å². The topological polar surface area (TPSA) is 63.2 Å². The van der Waals surface area contributed by atoms with Gasteiger partial charge in [-0.05, 0) is 65.6 Å². The van der Waals surface area contributed by atoms with E-state index in [1.807, 2.05) is 31.2 Å². The first-order valence-corrected chi connectivity index (χ1v) is 13.1. The van der Waals surface area contributed by atoms with Crippen molar-refractivity contribution in [3.05, 3.63) is 92.3 Å². The van der Waals surface area contributed by atoms with Gasteiger partial charge in [-0.2, -0.15) is 0 Å². The third-order valence-electron chi connectivity index (χ3n) is 5.10. The van der Waals surface area contributed by atoms with Gasteiger partial charge in [0.25, 0.3) is 5.91 Å². The zero-order valence-corrected chi connectivity index (χ0v) is 20.2. The molecule has 0 saturated heterocycles. The highest BCUT2D eigenvalue weighted by Gasteiger charge is 2.25. The number of fused-ring (bicyclic) bond motifs is 1. The molecule has 164 valence electrons. The number of anilines is 1. The van der Waals surface area contributed by atoms with E-state index in [-0.39, 0.29) is 16.6 Å². The number of carbonyl (C=O) groups excluding carboxylic acids is 1. The number of sulfone groups is 1. The van der Waals surface area contributed by atoms with Crippen molar-refractivity contribution >= 4 is 62.5 Å². The van der Waals surface area contributed by atoms with Crippen LogP contribution in [0.1, 0.15) is 23.6 Å². The molecule has 1 amide bonds. The summed E-state index contributed by atoms with van der Waals surface area (Å²) < 4.78 is 26.2. The molecule has 32 heavy (non-hydrogen) atoms. The molecule has 1 N–H and O–H groups in total. The summed E-state index contributed by atoms with van der Waals surface area (Å²) in [5.41, 5.74) is 2.84. The van der Waals surface area contributed by atoms with Gasteiger partial charge in [0.15, 0.2) is 9.84 Å². The normalized spacial score (nSPS) is 14.8. The van der Waals surface area contributed by atoms with E-state index in [9.17, 15) is 13.2 Å². The quantitative estimate of drug-likeness (QED) is 0.397. The molecule has 0 aliphatic carbocycles. The van der Waals surface area contributed by atoms with Crippen LogP contribution in [0.2, 0.25) is 10.0 Å². The SMILES string of the molecule is CCc1cccc(Cl)c1CS(=O)(=O)c1ccc2c(c1)NC(=O)/C(=C/c1ccc(Cl)cc1)S2. The van der Waals surface area contributed by atoms with Crippen molar-refractivity contribution in [2.24, 2.45) is 0 Å². The average Bonchev–Trinajstić information content (AvgIpc) is 2.76. The largest absolute Gasteiger partial charge is 0.320 e. The molecule has 0 bridgehead atoms. The van der Waals surface area contributed by atoms with Crippen molar-refractivity contribution in [2.45, 2.75) is 28.9 Å². The lowest BCUT2D eigenvalue weighted by molar-refractivity contribution is -0.112. The highest BCUT2D eigenvalue weighted by atomic mass is 35.5. The van der Waals surface area contributed by atoms with Crippen molar-refractivity contribution in [3.63, 3.8) is 0 Å². The number of rotatable bonds is 5. The molecule has 3 aromatic carbocycles. The fraction of sp³-hybridized carbons (Fsp3) is 0.125. The van der Waals surface area contributed by atoms with Crippen LogP contribution in [0.4, 0.5) is 5.69 Å². The van der Waals surface area contributed by atoms with Gasteiger partial charge in [-0.3, -0.25) is 4.79 Å². The van der Waals surface area contributed by atoms with E-state index in [0.29, 0.717) is 32.6 Å². The van der Waals surface area contributed by atoms with Crippen LogP contribution in [0.25, 0.3) is 6.08 Å². The molecule has 0 radical (unpaired) electrons. The highest BCUT2D eigenvalue weighted by Crippen LogP contribution is 2.40. The first-order chi connectivity index (χ1) is 15.3. The van der Waals surface area contributed by atoms with Crippen LogP contribution < -0.4 is 5.32 Å². The third-order valence-corrected chi connectivity index (χ3v) is 8.45. The van der Waals surface area contributed by atoms with Crippen LogP contribution in [0, 0.1) is 0 Å². The molecule has 0 unspecified atom stereocenters. The summed E-state index contributed by atoms with van der Waals surface area (Å²) in [6, 6.07) is 17.4. The predicted molar refractivity (Wildman–Crippen MR) is 132 cm³/mol. The van der Waals surface area contributed by atoms with E-state index in [1.54, 1.807) is 36.4 Å². The zero-order chi connectivity index (χ0) is 22.9. The molecule has 0 atom stereocenters. The van der Waals surface area contributed by atoms with E-state index in [4.69, 9.17) is 23.2 Å². The Morgan fingerprint density at radius 1 is 1.03 bits per heavy atom. The Labute approximate surface area is 201 Å². The number of hydrogen-bond acceptors (Lipinski definition) is 4. The van der Waals surface area contributed by atoms with Crippen molar-refractivity contribution in [1.29, 1.82) is 0 Å². The summed E-state index contributed by atoms with van der Waals surface area (Å²) in [7, 11) is -3.66. The number of carbonyl (C=O) groups is 1. The second kappa shape index (κ2) is 9.32. The first kappa shape index (κ1) is 22.9. The average molecular weight is 504 g/mol. The summed E-state index contributed by atoms with van der Waals surface area (Å²) >= 11 is 13.5. The summed E-state index contributed by atoms with van der Waals surface area (Å²) in [6.45, 7) is 1.96. The number of halogens is 2. The smallest absolute Gasteiger partial charge is 0.262 e. The monoisotopic (exact) mass is 503 g/mol. The Morgan fingerprint density at radius 3 is 2.50 bits per heavy atom. The summed E-state index contributed by atoms with van der Waals surface area (Å²) in [6.07, 6.45) is 2.46. The minimum Gasteiger partial charge on any atom is -0.320 e. The maximum absolute atomic E-state index is 13.1. The molecule has 8 heteroatoms. The van der Waals surface area contributed by atoms with Crippen molar-refractivity contribution in [1.82, 2.24) is 0 Å². The molecule has 1 aliphatic rings. The number of nitrogens with one attached hydrogen (secondary N) is 1. The van der Waals surface area contributed by atoms with E-state index >= 15 is 0 Å². The molecule has 0 spiro atoms. The maximum Gasteiger partial charge on any atom is 0.262 e. The van der Waals surface area contributed by atoms with Crippen LogP contribution in [-0.2, 0) is 26.8 Å². The summed E-state index contributed by atoms with van der Waals surface area (Å²) in [5, 5.41) is 3.86. The van der Waals surface area contributed by atoms with Crippen LogP contribution in [0.5, 0.6) is 0 Å². The molecular formula is C24H19Cl2NO3S2. The van der Waals surface area contributed by atoms with Crippen LogP contribution >= 0.6 is 35.0 Å². The fourth-order valence-electron chi connectivity index (χ4n) is 3.41. The lowest BCUT2D eigenvalue weighted by atomic mass is 10.1. The van der Waals surface area contributed by atoms with Gasteiger partial charge in [0, 0.05) is 14.9 Å². The van der Waals surface area contributed by atoms with Crippen molar-refractivity contribution < 1.29 is 13.2 Å². The second-order valence-corrected chi connectivity index (χ2v) is 11.2. The summed E-state index contributed by atoms with van der Waals surface area (Å²) in [4.78, 5) is 14.0. The molecule has 4 rings (SSSR count). The van der Waals surface area contributed by atoms with Crippen LogP contribution in [0.3, 0.4) is 0 Å². The highest BCUT2D eigenvalue weighted by molar-refractivity contribution is 8.04. The fourth-order valence-corrected chi connectivity index (χ4v) is 6.27. The molecule has 4 nitrogen and oxygen atoms in total. The lowest BCUT2D eigenvalue weighted by Crippen LogP contribution is -2.18. The minimum absolute atomic E-state index is 0.143. The number of thioether (sulfide) groups is 1. The van der Waals surface area contributed by atoms with Gasteiger partial charge < -0.3 is 5.32 Å². The van der Waals surface area contributed by atoms with Crippen molar-refractivity contribution in [3.8, 4) is 0 Å². The number of benzene rings is 3. The van der Waals surface area contributed by atoms with Gasteiger partial charge >= 0.3 is 0 Å². The van der Waals surface area contributed by atoms with Gasteiger partial charge in [-0.1, -0.05) is 66.2 Å². The Balaban J connectivity index is 1.62. The Hall–Kier alpha value is -2.25. The van der Waals surface area contributed by atoms with Gasteiger partial charge in [0.2, 0.25) is 0 Å². The van der Waals surface area contributed by atoms with E-state index < -0.39 is 9.84 Å². The molecule has 1 aliphatic heterocycles. The Kier molecular flexibility index (Phi) is 6.67. The van der Waals surface area contributed by atoms with E-state index in [2.05, 4.69) is 5.32 Å². The van der Waals surface area contributed by atoms with Gasteiger partial charge in [0.1, 0.15) is 0 Å². The van der Waals surface area contributed by atoms with Crippen molar-refractivity contribution in [2.75, 3.05) is 5.32 Å². The number of amides is 1. The number of aryl methyl sites for hydroxylation is 1. The van der Waals surface area contributed by atoms with Gasteiger partial charge in [-0.15, -0.1) is 0 Å². The lowest BCUT2D eigenvalue weighted by Gasteiger charge is -2.20. The van der Waals surface area contributed by atoms with Gasteiger partial charge in [-0.25, -0.2) is 8.42 Å². The standard InChI is InChI=1S/C24H19Cl2NO3S2/c1-2-16-4-3-5-20(26)19(16)14-32(29,30)18-10-11-22-21(13-18)27-24(28)23(31-22)12-15-6-8-17(25)9-7-15/h3-13H,2,14H2,1H3,(H,27,28)/b23-12-. The molecule has 1 heterocycles. The van der Waals surface area contributed by atoms with Crippen LogP contribution in [0.15, 0.2) is 75.4 Å².